The van der Waals surface area contributed by atoms with Crippen molar-refractivity contribution in [3.8, 4) is 5.75 Å². The van der Waals surface area contributed by atoms with Crippen molar-refractivity contribution in [3.63, 3.8) is 0 Å². The molecule has 1 N–H and O–H groups in total. The van der Waals surface area contributed by atoms with Gasteiger partial charge in [-0.1, -0.05) is 6.07 Å². The van der Waals surface area contributed by atoms with Gasteiger partial charge in [-0.05, 0) is 46.2 Å². The first-order chi connectivity index (χ1) is 10.5. The van der Waals surface area contributed by atoms with Crippen LogP contribution in [0.5, 0.6) is 5.75 Å². The zero-order valence-electron chi connectivity index (χ0n) is 11.7. The van der Waals surface area contributed by atoms with Gasteiger partial charge in [-0.2, -0.15) is 0 Å². The molecule has 0 aliphatic rings. The maximum absolute atomic E-state index is 13.7. The molecule has 0 saturated carbocycles. The average molecular weight is 301 g/mol. The molecule has 0 bridgehead atoms. The van der Waals surface area contributed by atoms with Gasteiger partial charge in [0.05, 0.1) is 5.56 Å². The third kappa shape index (κ3) is 2.60. The van der Waals surface area contributed by atoms with Crippen molar-refractivity contribution >= 4 is 16.9 Å². The molecule has 0 spiro atoms. The number of aromatic hydroxyl groups is 1. The number of benzene rings is 2. The minimum Gasteiger partial charge on any atom is -0.508 e. The first-order valence-corrected chi connectivity index (χ1v) is 6.50. The van der Waals surface area contributed by atoms with Gasteiger partial charge in [-0.15, -0.1) is 0 Å². The summed E-state index contributed by atoms with van der Waals surface area (Å²) in [5.41, 5.74) is 1.84. The molecule has 0 aliphatic heterocycles. The van der Waals surface area contributed by atoms with Crippen molar-refractivity contribution in [2.45, 2.75) is 6.54 Å². The highest BCUT2D eigenvalue weighted by Crippen LogP contribution is 2.18. The molecule has 0 saturated heterocycles. The first kappa shape index (κ1) is 14.0. The summed E-state index contributed by atoms with van der Waals surface area (Å²) in [7, 11) is 1.55. The van der Waals surface area contributed by atoms with Gasteiger partial charge >= 0.3 is 0 Å². The molecule has 0 unspecified atom stereocenters. The van der Waals surface area contributed by atoms with Crippen molar-refractivity contribution in [3.05, 3.63) is 53.3 Å². The van der Waals surface area contributed by atoms with Crippen LogP contribution >= 0.6 is 0 Å². The molecule has 6 nitrogen and oxygen atoms in total. The molecule has 0 aliphatic carbocycles. The molecule has 22 heavy (non-hydrogen) atoms. The predicted octanol–water partition coefficient (Wildman–Crippen LogP) is 2.34. The third-order valence-electron chi connectivity index (χ3n) is 3.26. The number of amides is 1. The van der Waals surface area contributed by atoms with E-state index in [2.05, 4.69) is 14.9 Å². The van der Waals surface area contributed by atoms with E-state index in [0.29, 0.717) is 11.0 Å². The zero-order chi connectivity index (χ0) is 15.7. The molecule has 1 aromatic heterocycles. The highest BCUT2D eigenvalue weighted by atomic mass is 19.1. The Bertz CT molecular complexity index is 847. The molecule has 112 valence electrons. The number of nitrogens with zero attached hydrogens (tertiary/aromatic N) is 3. The summed E-state index contributed by atoms with van der Waals surface area (Å²) in [6, 6.07) is 8.62. The Kier molecular flexibility index (Phi) is 3.46. The van der Waals surface area contributed by atoms with Crippen LogP contribution in [0.4, 0.5) is 4.39 Å². The smallest absolute Gasteiger partial charge is 0.257 e. The van der Waals surface area contributed by atoms with Crippen LogP contribution in [0.3, 0.4) is 0 Å². The van der Waals surface area contributed by atoms with E-state index in [0.717, 1.165) is 17.7 Å². The van der Waals surface area contributed by atoms with Crippen LogP contribution < -0.4 is 0 Å². The van der Waals surface area contributed by atoms with Gasteiger partial charge in [0.2, 0.25) is 0 Å². The number of hydrogen-bond donors (Lipinski definition) is 1. The number of aromatic nitrogens is 2. The minimum absolute atomic E-state index is 0.159. The minimum atomic E-state index is -0.675. The summed E-state index contributed by atoms with van der Waals surface area (Å²) >= 11 is 0. The van der Waals surface area contributed by atoms with E-state index in [1.54, 1.807) is 25.2 Å². The Morgan fingerprint density at radius 1 is 1.23 bits per heavy atom. The standard InChI is InChI=1S/C15H12FN3O3/c1-19(15(21)11-7-10(20)3-4-12(11)16)8-9-2-5-13-14(6-9)18-22-17-13/h2-7,20H,8H2,1H3. The summed E-state index contributed by atoms with van der Waals surface area (Å²) < 4.78 is 18.3. The highest BCUT2D eigenvalue weighted by Gasteiger charge is 2.17. The van der Waals surface area contributed by atoms with Gasteiger partial charge in [0.1, 0.15) is 22.6 Å². The monoisotopic (exact) mass is 301 g/mol. The van der Waals surface area contributed by atoms with E-state index in [1.807, 2.05) is 0 Å². The Morgan fingerprint density at radius 2 is 2.00 bits per heavy atom. The topological polar surface area (TPSA) is 79.5 Å². The lowest BCUT2D eigenvalue weighted by atomic mass is 10.1. The Morgan fingerprint density at radius 3 is 2.82 bits per heavy atom. The number of fused-ring (bicyclic) bond motifs is 1. The van der Waals surface area contributed by atoms with Gasteiger partial charge in [0.25, 0.3) is 5.91 Å². The average Bonchev–Trinajstić information content (AvgIpc) is 2.96. The SMILES string of the molecule is CN(Cc1ccc2nonc2c1)C(=O)c1cc(O)ccc1F. The highest BCUT2D eigenvalue weighted by molar-refractivity contribution is 5.94. The second-order valence-corrected chi connectivity index (χ2v) is 4.91. The maximum Gasteiger partial charge on any atom is 0.257 e. The van der Waals surface area contributed by atoms with Gasteiger partial charge in [-0.25, -0.2) is 9.02 Å². The normalized spacial score (nSPS) is 10.8. The van der Waals surface area contributed by atoms with Crippen molar-refractivity contribution in [2.24, 2.45) is 0 Å². The summed E-state index contributed by atoms with van der Waals surface area (Å²) in [4.78, 5) is 13.6. The molecular weight excluding hydrogens is 289 g/mol. The van der Waals surface area contributed by atoms with Crippen LogP contribution in [0, 0.1) is 5.82 Å². The van der Waals surface area contributed by atoms with E-state index in [-0.39, 0.29) is 17.9 Å². The second-order valence-electron chi connectivity index (χ2n) is 4.91. The summed E-state index contributed by atoms with van der Waals surface area (Å²) in [6.45, 7) is 0.261. The Balaban J connectivity index is 1.82. The number of hydrogen-bond acceptors (Lipinski definition) is 5. The maximum atomic E-state index is 13.7. The number of phenols is 1. The molecule has 7 heteroatoms. The van der Waals surface area contributed by atoms with E-state index in [4.69, 9.17) is 0 Å². The van der Waals surface area contributed by atoms with E-state index in [9.17, 15) is 14.3 Å². The first-order valence-electron chi connectivity index (χ1n) is 6.50. The number of carbonyl (C=O) groups is 1. The number of carbonyl (C=O) groups excluding carboxylic acids is 1. The van der Waals surface area contributed by atoms with Gasteiger partial charge in [-0.3, -0.25) is 4.79 Å². The quantitative estimate of drug-likeness (QED) is 0.803. The molecular formula is C15H12FN3O3. The largest absolute Gasteiger partial charge is 0.508 e. The van der Waals surface area contributed by atoms with E-state index < -0.39 is 11.7 Å². The Labute approximate surface area is 124 Å². The van der Waals surface area contributed by atoms with E-state index in [1.165, 1.54) is 11.0 Å². The molecule has 0 fully saturated rings. The molecule has 2 aromatic carbocycles. The number of rotatable bonds is 3. The summed E-state index contributed by atoms with van der Waals surface area (Å²) in [6.07, 6.45) is 0. The van der Waals surface area contributed by atoms with Crippen molar-refractivity contribution in [2.75, 3.05) is 7.05 Å². The van der Waals surface area contributed by atoms with Gasteiger partial charge in [0.15, 0.2) is 0 Å². The third-order valence-corrected chi connectivity index (χ3v) is 3.26. The van der Waals surface area contributed by atoms with Gasteiger partial charge in [0, 0.05) is 13.6 Å². The zero-order valence-corrected chi connectivity index (χ0v) is 11.7. The fourth-order valence-corrected chi connectivity index (χ4v) is 2.15. The molecule has 1 amide bonds. The van der Waals surface area contributed by atoms with Crippen molar-refractivity contribution in [1.29, 1.82) is 0 Å². The molecule has 1 heterocycles. The second kappa shape index (κ2) is 5.44. The van der Waals surface area contributed by atoms with Crippen LogP contribution in [-0.2, 0) is 6.54 Å². The molecule has 3 rings (SSSR count). The van der Waals surface area contributed by atoms with E-state index >= 15 is 0 Å². The Hall–Kier alpha value is -2.96. The lowest BCUT2D eigenvalue weighted by Gasteiger charge is -2.17. The van der Waals surface area contributed by atoms with Gasteiger partial charge < -0.3 is 10.0 Å². The number of phenolic OH excluding ortho intramolecular Hbond substituents is 1. The predicted molar refractivity (Wildman–Crippen MR) is 75.7 cm³/mol. The molecule has 0 atom stereocenters. The van der Waals surface area contributed by atoms with Crippen molar-refractivity contribution < 1.29 is 18.9 Å². The van der Waals surface area contributed by atoms with Crippen LogP contribution in [0.1, 0.15) is 15.9 Å². The van der Waals surface area contributed by atoms with Crippen LogP contribution in [0.25, 0.3) is 11.0 Å². The fourth-order valence-electron chi connectivity index (χ4n) is 2.15. The van der Waals surface area contributed by atoms with Crippen LogP contribution in [0.15, 0.2) is 41.0 Å². The van der Waals surface area contributed by atoms with Crippen molar-refractivity contribution in [1.82, 2.24) is 15.2 Å². The summed E-state index contributed by atoms with van der Waals surface area (Å²) in [5.74, 6) is -1.36. The van der Waals surface area contributed by atoms with Crippen LogP contribution in [0.2, 0.25) is 0 Å². The lowest BCUT2D eigenvalue weighted by Crippen LogP contribution is -2.27. The summed E-state index contributed by atoms with van der Waals surface area (Å²) in [5, 5.41) is 16.8. The molecule has 3 aromatic rings. The number of halogens is 1. The molecule has 0 radical (unpaired) electrons. The lowest BCUT2D eigenvalue weighted by molar-refractivity contribution is 0.0780. The van der Waals surface area contributed by atoms with Crippen LogP contribution in [-0.4, -0.2) is 33.3 Å². The fraction of sp³-hybridized carbons (Fsp3) is 0.133.